The van der Waals surface area contributed by atoms with Crippen LogP contribution in [0.1, 0.15) is 17.5 Å². The van der Waals surface area contributed by atoms with Crippen LogP contribution in [0, 0.1) is 10.1 Å². The first kappa shape index (κ1) is 20.0. The first-order valence-electron chi connectivity index (χ1n) is 9.47. The second kappa shape index (κ2) is 9.43. The zero-order valence-electron chi connectivity index (χ0n) is 15.7. The monoisotopic (exact) mass is 383 g/mol. The fourth-order valence-electron chi connectivity index (χ4n) is 3.57. The van der Waals surface area contributed by atoms with E-state index in [9.17, 15) is 20.0 Å². The molecular formula is C21H25N3O4. The Hall–Kier alpha value is -2.77. The summed E-state index contributed by atoms with van der Waals surface area (Å²) in [5, 5.41) is 20.6. The summed E-state index contributed by atoms with van der Waals surface area (Å²) in [7, 11) is 0. The van der Waals surface area contributed by atoms with Crippen LogP contribution in [-0.2, 0) is 17.8 Å². The number of amides is 1. The summed E-state index contributed by atoms with van der Waals surface area (Å²) in [6, 6.07) is 16.2. The van der Waals surface area contributed by atoms with Crippen molar-refractivity contribution in [2.75, 3.05) is 26.2 Å². The quantitative estimate of drug-likeness (QED) is 0.585. The van der Waals surface area contributed by atoms with Crippen molar-refractivity contribution in [1.82, 2.24) is 9.80 Å². The zero-order valence-corrected chi connectivity index (χ0v) is 15.7. The largest absolute Gasteiger partial charge is 0.394 e. The number of carbonyl (C=O) groups excluding carboxylic acids is 1. The summed E-state index contributed by atoms with van der Waals surface area (Å²) in [6.45, 7) is 2.47. The molecule has 148 valence electrons. The van der Waals surface area contributed by atoms with Crippen LogP contribution < -0.4 is 0 Å². The minimum absolute atomic E-state index is 0.0566. The molecule has 1 fully saturated rings. The predicted octanol–water partition coefficient (Wildman–Crippen LogP) is 2.23. The van der Waals surface area contributed by atoms with Crippen molar-refractivity contribution in [3.05, 3.63) is 75.8 Å². The lowest BCUT2D eigenvalue weighted by Gasteiger charge is -2.30. The number of carbonyl (C=O) groups is 1. The topological polar surface area (TPSA) is 86.9 Å². The van der Waals surface area contributed by atoms with Crippen molar-refractivity contribution >= 4 is 11.6 Å². The lowest BCUT2D eigenvalue weighted by atomic mass is 10.0. The second-order valence-electron chi connectivity index (χ2n) is 7.06. The summed E-state index contributed by atoms with van der Waals surface area (Å²) in [6.07, 6.45) is 1.03. The lowest BCUT2D eigenvalue weighted by molar-refractivity contribution is -0.384. The molecule has 7 heteroatoms. The van der Waals surface area contributed by atoms with Crippen molar-refractivity contribution < 1.29 is 14.8 Å². The Morgan fingerprint density at radius 3 is 2.36 bits per heavy atom. The van der Waals surface area contributed by atoms with Crippen molar-refractivity contribution in [3.8, 4) is 0 Å². The van der Waals surface area contributed by atoms with Crippen LogP contribution in [0.3, 0.4) is 0 Å². The molecule has 0 spiro atoms. The predicted molar refractivity (Wildman–Crippen MR) is 106 cm³/mol. The molecule has 1 aliphatic rings. The van der Waals surface area contributed by atoms with Crippen LogP contribution in [0.2, 0.25) is 0 Å². The van der Waals surface area contributed by atoms with E-state index in [1.54, 1.807) is 17.0 Å². The van der Waals surface area contributed by atoms with Gasteiger partial charge in [-0.3, -0.25) is 19.8 Å². The summed E-state index contributed by atoms with van der Waals surface area (Å²) in [5.41, 5.74) is 2.16. The molecule has 1 saturated heterocycles. The Morgan fingerprint density at radius 2 is 1.71 bits per heavy atom. The van der Waals surface area contributed by atoms with E-state index in [1.807, 2.05) is 30.3 Å². The molecule has 0 bridgehead atoms. The third kappa shape index (κ3) is 5.15. The molecule has 3 rings (SSSR count). The smallest absolute Gasteiger partial charge is 0.269 e. The summed E-state index contributed by atoms with van der Waals surface area (Å²) in [4.78, 5) is 27.0. The van der Waals surface area contributed by atoms with E-state index < -0.39 is 4.92 Å². The fraction of sp³-hybridized carbons (Fsp3) is 0.381. The van der Waals surface area contributed by atoms with E-state index in [0.29, 0.717) is 39.0 Å². The Bertz CT molecular complexity index is 795. The van der Waals surface area contributed by atoms with Gasteiger partial charge in [-0.15, -0.1) is 0 Å². The number of aliphatic hydroxyl groups is 1. The number of nitrogens with zero attached hydrogens (tertiary/aromatic N) is 3. The number of aliphatic hydroxyl groups excluding tert-OH is 1. The number of rotatable bonds is 7. The first-order valence-corrected chi connectivity index (χ1v) is 9.47. The van der Waals surface area contributed by atoms with Crippen LogP contribution in [0.25, 0.3) is 0 Å². The highest BCUT2D eigenvalue weighted by Gasteiger charge is 2.27. The molecule has 28 heavy (non-hydrogen) atoms. The van der Waals surface area contributed by atoms with Gasteiger partial charge in [-0.2, -0.15) is 0 Å². The van der Waals surface area contributed by atoms with Gasteiger partial charge >= 0.3 is 0 Å². The van der Waals surface area contributed by atoms with Gasteiger partial charge in [-0.05, 0) is 17.5 Å². The maximum atomic E-state index is 12.6. The third-order valence-corrected chi connectivity index (χ3v) is 5.14. The third-order valence-electron chi connectivity index (χ3n) is 5.14. The fourth-order valence-corrected chi connectivity index (χ4v) is 3.57. The van der Waals surface area contributed by atoms with Gasteiger partial charge in [0, 0.05) is 44.7 Å². The Kier molecular flexibility index (Phi) is 6.73. The van der Waals surface area contributed by atoms with Crippen LogP contribution in [0.15, 0.2) is 54.6 Å². The molecule has 1 aliphatic heterocycles. The Morgan fingerprint density at radius 1 is 1.00 bits per heavy atom. The molecule has 1 N–H and O–H groups in total. The first-order chi connectivity index (χ1) is 13.6. The molecular weight excluding hydrogens is 358 g/mol. The molecule has 1 atom stereocenters. The Labute approximate surface area is 164 Å². The van der Waals surface area contributed by atoms with E-state index >= 15 is 0 Å². The summed E-state index contributed by atoms with van der Waals surface area (Å²) < 4.78 is 0. The van der Waals surface area contributed by atoms with Crippen LogP contribution in [0.4, 0.5) is 5.69 Å². The van der Waals surface area contributed by atoms with Crippen molar-refractivity contribution in [3.63, 3.8) is 0 Å². The molecule has 1 heterocycles. The highest BCUT2D eigenvalue weighted by atomic mass is 16.6. The number of hydrogen-bond acceptors (Lipinski definition) is 5. The molecule has 0 radical (unpaired) electrons. The highest BCUT2D eigenvalue weighted by Crippen LogP contribution is 2.17. The number of hydrogen-bond donors (Lipinski definition) is 1. The maximum Gasteiger partial charge on any atom is 0.269 e. The second-order valence-corrected chi connectivity index (χ2v) is 7.06. The average Bonchev–Trinajstić information content (AvgIpc) is 2.89. The SMILES string of the molecule is O=C1CCN(Cc2ccc([N+](=O)[O-])cc2)CCN1[C@H](CO)Cc1ccccc1. The minimum Gasteiger partial charge on any atom is -0.394 e. The highest BCUT2D eigenvalue weighted by molar-refractivity contribution is 5.77. The van der Waals surface area contributed by atoms with Crippen molar-refractivity contribution in [2.24, 2.45) is 0 Å². The lowest BCUT2D eigenvalue weighted by Crippen LogP contribution is -2.44. The average molecular weight is 383 g/mol. The van der Waals surface area contributed by atoms with Crippen molar-refractivity contribution in [2.45, 2.75) is 25.4 Å². The van der Waals surface area contributed by atoms with E-state index in [0.717, 1.165) is 11.1 Å². The van der Waals surface area contributed by atoms with Gasteiger partial charge in [-0.1, -0.05) is 42.5 Å². The molecule has 0 unspecified atom stereocenters. The molecule has 1 amide bonds. The molecule has 2 aromatic rings. The van der Waals surface area contributed by atoms with Gasteiger partial charge in [-0.25, -0.2) is 0 Å². The molecule has 0 saturated carbocycles. The van der Waals surface area contributed by atoms with Crippen molar-refractivity contribution in [1.29, 1.82) is 0 Å². The van der Waals surface area contributed by atoms with E-state index in [-0.39, 0.29) is 24.2 Å². The van der Waals surface area contributed by atoms with Gasteiger partial charge in [0.1, 0.15) is 0 Å². The summed E-state index contributed by atoms with van der Waals surface area (Å²) in [5.74, 6) is 0.0566. The summed E-state index contributed by atoms with van der Waals surface area (Å²) >= 11 is 0. The number of benzene rings is 2. The van der Waals surface area contributed by atoms with E-state index in [2.05, 4.69) is 4.90 Å². The molecule has 2 aromatic carbocycles. The van der Waals surface area contributed by atoms with Gasteiger partial charge < -0.3 is 10.0 Å². The van der Waals surface area contributed by atoms with Gasteiger partial charge in [0.05, 0.1) is 17.6 Å². The van der Waals surface area contributed by atoms with E-state index in [4.69, 9.17) is 0 Å². The van der Waals surface area contributed by atoms with Gasteiger partial charge in [0.2, 0.25) is 5.91 Å². The van der Waals surface area contributed by atoms with Crippen LogP contribution in [0.5, 0.6) is 0 Å². The van der Waals surface area contributed by atoms with Crippen LogP contribution >= 0.6 is 0 Å². The number of nitro groups is 1. The minimum atomic E-state index is -0.409. The number of non-ortho nitro benzene ring substituents is 1. The normalized spacial score (nSPS) is 16.6. The molecule has 7 nitrogen and oxygen atoms in total. The molecule has 0 aromatic heterocycles. The maximum absolute atomic E-state index is 12.6. The van der Waals surface area contributed by atoms with Gasteiger partial charge in [0.25, 0.3) is 5.69 Å². The van der Waals surface area contributed by atoms with Crippen LogP contribution in [-0.4, -0.2) is 58.0 Å². The van der Waals surface area contributed by atoms with Gasteiger partial charge in [0.15, 0.2) is 0 Å². The standard InChI is InChI=1S/C21H25N3O4/c25-16-20(14-17-4-2-1-3-5-17)23-13-12-22(11-10-21(23)26)15-18-6-8-19(9-7-18)24(27)28/h1-9,20,25H,10-16H2/t20-/m0/s1. The number of nitro benzene ring substituents is 1. The molecule has 0 aliphatic carbocycles. The Balaban J connectivity index is 1.61. The zero-order chi connectivity index (χ0) is 19.9. The van der Waals surface area contributed by atoms with E-state index in [1.165, 1.54) is 12.1 Å².